The number of anilines is 3. The lowest BCUT2D eigenvalue weighted by Crippen LogP contribution is -2.82. The number of hydrogen-bond donors (Lipinski definition) is 3. The fraction of sp³-hybridized carbons (Fsp3) is 0.468. The Labute approximate surface area is 357 Å². The van der Waals surface area contributed by atoms with Crippen molar-refractivity contribution in [3.05, 3.63) is 95.6 Å². The fourth-order valence-corrected chi connectivity index (χ4v) is 11.3. The van der Waals surface area contributed by atoms with Gasteiger partial charge in [-0.05, 0) is 98.1 Å². The number of phenols is 1. The number of carbonyl (C=O) groups excluding carboxylic acids is 3. The Kier molecular flexibility index (Phi) is 10.4. The second-order valence-corrected chi connectivity index (χ2v) is 18.2. The van der Waals surface area contributed by atoms with Crippen LogP contribution in [0.25, 0.3) is 11.3 Å². The van der Waals surface area contributed by atoms with Gasteiger partial charge in [0.1, 0.15) is 11.8 Å². The lowest BCUT2D eigenvalue weighted by molar-refractivity contribution is -0.212. The van der Waals surface area contributed by atoms with Crippen molar-refractivity contribution in [1.82, 2.24) is 35.1 Å². The molecule has 7 heterocycles. The van der Waals surface area contributed by atoms with E-state index in [0.29, 0.717) is 54.5 Å². The molecule has 1 aromatic heterocycles. The number of carbonyl (C=O) groups is 3. The summed E-state index contributed by atoms with van der Waals surface area (Å²) >= 11 is 0. The first kappa shape index (κ1) is 39.6. The van der Waals surface area contributed by atoms with E-state index in [4.69, 9.17) is 5.73 Å². The number of nitrogen functional groups attached to an aromatic ring is 1. The third kappa shape index (κ3) is 7.48. The minimum absolute atomic E-state index is 0.110. The van der Waals surface area contributed by atoms with Crippen molar-refractivity contribution in [2.24, 2.45) is 0 Å². The second-order valence-electron chi connectivity index (χ2n) is 18.2. The summed E-state index contributed by atoms with van der Waals surface area (Å²) < 4.78 is 0. The number of imide groups is 1. The molecule has 3 aromatic carbocycles. The molecule has 318 valence electrons. The van der Waals surface area contributed by atoms with Gasteiger partial charge < -0.3 is 25.5 Å². The van der Waals surface area contributed by atoms with E-state index in [1.807, 2.05) is 36.2 Å². The van der Waals surface area contributed by atoms with Crippen molar-refractivity contribution in [1.29, 1.82) is 0 Å². The maximum atomic E-state index is 13.5. The van der Waals surface area contributed by atoms with Gasteiger partial charge in [0.15, 0.2) is 5.82 Å². The number of nitrogens with one attached hydrogen (secondary N) is 1. The highest BCUT2D eigenvalue weighted by Gasteiger charge is 2.66. The topological polar surface area (TPSA) is 155 Å². The number of likely N-dealkylation sites (tertiary alicyclic amines) is 1. The Morgan fingerprint density at radius 3 is 2.38 bits per heavy atom. The van der Waals surface area contributed by atoms with E-state index in [2.05, 4.69) is 82.5 Å². The van der Waals surface area contributed by atoms with Crippen LogP contribution in [0.5, 0.6) is 5.75 Å². The summed E-state index contributed by atoms with van der Waals surface area (Å²) in [6, 6.07) is 27.4. The number of phenolic OH excluding ortho intramolecular Hbond substituents is 1. The molecule has 14 heteroatoms. The first-order valence-corrected chi connectivity index (χ1v) is 22.1. The van der Waals surface area contributed by atoms with E-state index in [1.54, 1.807) is 12.1 Å². The van der Waals surface area contributed by atoms with Crippen molar-refractivity contribution in [2.75, 3.05) is 81.5 Å². The summed E-state index contributed by atoms with van der Waals surface area (Å²) in [7, 11) is 1.93. The van der Waals surface area contributed by atoms with Gasteiger partial charge in [0.05, 0.1) is 17.9 Å². The van der Waals surface area contributed by atoms with E-state index < -0.39 is 0 Å². The van der Waals surface area contributed by atoms with Crippen LogP contribution in [-0.4, -0.2) is 137 Å². The first-order valence-electron chi connectivity index (χ1n) is 22.1. The molecule has 0 radical (unpaired) electrons. The van der Waals surface area contributed by atoms with Gasteiger partial charge in [0.2, 0.25) is 17.7 Å². The van der Waals surface area contributed by atoms with Gasteiger partial charge in [-0.3, -0.25) is 34.4 Å². The average molecular weight is 825 g/mol. The van der Waals surface area contributed by atoms with E-state index in [1.165, 1.54) is 16.7 Å². The number of benzene rings is 3. The van der Waals surface area contributed by atoms with Crippen molar-refractivity contribution in [2.45, 2.75) is 74.7 Å². The number of piperazine rings is 2. The summed E-state index contributed by atoms with van der Waals surface area (Å²) in [5.41, 5.74) is 13.7. The van der Waals surface area contributed by atoms with Crippen LogP contribution in [0.15, 0.2) is 78.9 Å². The number of hydrogen-bond acceptors (Lipinski definition) is 12. The van der Waals surface area contributed by atoms with Gasteiger partial charge in [0.25, 0.3) is 0 Å². The van der Waals surface area contributed by atoms with E-state index in [-0.39, 0.29) is 35.1 Å². The highest BCUT2D eigenvalue weighted by atomic mass is 16.3. The Morgan fingerprint density at radius 1 is 0.869 bits per heavy atom. The van der Waals surface area contributed by atoms with E-state index in [9.17, 15) is 19.5 Å². The normalized spacial score (nSPS) is 26.0. The number of nitrogens with two attached hydrogens (primary N) is 1. The van der Waals surface area contributed by atoms with Crippen LogP contribution >= 0.6 is 0 Å². The third-order valence-corrected chi connectivity index (χ3v) is 14.6. The molecule has 0 spiro atoms. The number of amides is 3. The Bertz CT molecular complexity index is 2310. The Morgan fingerprint density at radius 2 is 1.62 bits per heavy atom. The molecule has 1 unspecified atom stereocenters. The molecule has 4 N–H and O–H groups in total. The Hall–Kier alpha value is -5.57. The molecular weight excluding hydrogens is 769 g/mol. The summed E-state index contributed by atoms with van der Waals surface area (Å²) in [5, 5.41) is 21.5. The summed E-state index contributed by atoms with van der Waals surface area (Å²) in [4.78, 5) is 51.6. The minimum atomic E-state index is -0.346. The van der Waals surface area contributed by atoms with Gasteiger partial charge in [0, 0.05) is 88.2 Å². The van der Waals surface area contributed by atoms with Crippen molar-refractivity contribution < 1.29 is 19.5 Å². The number of aromatic nitrogens is 2. The zero-order valence-corrected chi connectivity index (χ0v) is 35.0. The van der Waals surface area contributed by atoms with Crippen LogP contribution in [0.3, 0.4) is 0 Å². The maximum absolute atomic E-state index is 13.5. The lowest BCUT2D eigenvalue weighted by atomic mass is 9.59. The molecule has 14 nitrogen and oxygen atoms in total. The molecule has 6 fully saturated rings. The van der Waals surface area contributed by atoms with Gasteiger partial charge in [-0.25, -0.2) is 0 Å². The monoisotopic (exact) mass is 824 g/mol. The lowest BCUT2D eigenvalue weighted by Gasteiger charge is -2.74. The molecule has 6 aliphatic heterocycles. The highest BCUT2D eigenvalue weighted by molar-refractivity contribution is 6.01. The van der Waals surface area contributed by atoms with Crippen molar-refractivity contribution >= 4 is 34.9 Å². The maximum Gasteiger partial charge on any atom is 0.249 e. The van der Waals surface area contributed by atoms with E-state index >= 15 is 0 Å². The molecule has 61 heavy (non-hydrogen) atoms. The molecule has 4 aromatic rings. The highest BCUT2D eigenvalue weighted by Crippen LogP contribution is 2.60. The third-order valence-electron chi connectivity index (χ3n) is 14.6. The number of nitrogens with zero attached hydrogens (tertiary/aromatic N) is 8. The largest absolute Gasteiger partial charge is 0.507 e. The molecule has 6 aliphatic rings. The minimum Gasteiger partial charge on any atom is -0.507 e. The van der Waals surface area contributed by atoms with Gasteiger partial charge in [-0.1, -0.05) is 48.5 Å². The van der Waals surface area contributed by atoms with Crippen LogP contribution in [-0.2, 0) is 26.5 Å². The van der Waals surface area contributed by atoms with Gasteiger partial charge >= 0.3 is 0 Å². The summed E-state index contributed by atoms with van der Waals surface area (Å²) in [5.74, 6) is 0.810. The van der Waals surface area contributed by atoms with Crippen LogP contribution < -0.4 is 20.9 Å². The number of para-hydroxylation sites is 1. The quantitative estimate of drug-likeness (QED) is 0.200. The van der Waals surface area contributed by atoms with Crippen molar-refractivity contribution in [3.63, 3.8) is 0 Å². The predicted molar refractivity (Wildman–Crippen MR) is 234 cm³/mol. The zero-order chi connectivity index (χ0) is 41.8. The standard InChI is InChI=1S/C47H56N10O4/c1-52(40-12-13-43(59)49-46(40)61)35-9-5-7-33(23-35)32-14-16-53(17-15-32)30-44(60)55-20-18-54(19-21-55)27-31-6-4-8-34(22-31)47-25-36-28-56(29-37(26-47)57(36)47)41-24-39(50-51-45(41)48)38-10-2-3-11-42(38)58/h2-11,22-24,32,36-37,40,58H,12-21,25-30H2,1H3,(H2,48,51)(H,49,59,61)/t36-,37-,40?/m1/s1. The summed E-state index contributed by atoms with van der Waals surface area (Å²) in [6.07, 6.45) is 5.10. The number of rotatable bonds is 10. The number of likely N-dealkylation sites (N-methyl/N-ethyl adjacent to an activating group) is 1. The van der Waals surface area contributed by atoms with Crippen LogP contribution in [0, 0.1) is 0 Å². The molecule has 0 aliphatic carbocycles. The van der Waals surface area contributed by atoms with Crippen LogP contribution in [0.4, 0.5) is 17.2 Å². The van der Waals surface area contributed by atoms with Crippen molar-refractivity contribution in [3.8, 4) is 17.0 Å². The van der Waals surface area contributed by atoms with Gasteiger partial charge in [-0.15, -0.1) is 10.2 Å². The fourth-order valence-electron chi connectivity index (χ4n) is 11.3. The number of aromatic hydroxyl groups is 1. The SMILES string of the molecule is CN(c1cccc(C2CCN(CC(=O)N3CCN(Cc4cccc(C56C[C@@H]7CN(c8cc(-c9ccccc9O)nnc8N)C[C@@H](C5)N76)c4)CC3)CC2)c1)C1CCC(=O)NC1=O. The summed E-state index contributed by atoms with van der Waals surface area (Å²) in [6.45, 7) is 8.16. The predicted octanol–water partition coefficient (Wildman–Crippen LogP) is 3.76. The first-order chi connectivity index (χ1) is 29.6. The van der Waals surface area contributed by atoms with Crippen LogP contribution in [0.2, 0.25) is 0 Å². The second kappa shape index (κ2) is 16.0. The Balaban J connectivity index is 0.684. The zero-order valence-electron chi connectivity index (χ0n) is 35.0. The smallest absolute Gasteiger partial charge is 0.249 e. The average Bonchev–Trinajstić information content (AvgIpc) is 3.25. The van der Waals surface area contributed by atoms with E-state index in [0.717, 1.165) is 96.0 Å². The molecule has 3 atom stereocenters. The van der Waals surface area contributed by atoms with Gasteiger partial charge in [-0.2, -0.15) is 0 Å². The molecule has 0 bridgehead atoms. The number of piperidine rings is 3. The van der Waals surface area contributed by atoms with Crippen LogP contribution in [0.1, 0.15) is 61.1 Å². The molecule has 0 saturated carbocycles. The molecule has 10 rings (SSSR count). The molecule has 6 saturated heterocycles. The molecule has 3 amide bonds. The molecular formula is C47H56N10O4.